The molecule has 0 aromatic heterocycles. The SMILES string of the molecule is COc1ccc(S(=O)(=O)N2CCC(=NO)CC2)cc1. The van der Waals surface area contributed by atoms with Crippen molar-refractivity contribution in [3.63, 3.8) is 0 Å². The summed E-state index contributed by atoms with van der Waals surface area (Å²) in [5.74, 6) is 0.618. The van der Waals surface area contributed by atoms with Crippen molar-refractivity contribution in [3.05, 3.63) is 24.3 Å². The molecule has 0 radical (unpaired) electrons. The first-order valence-electron chi connectivity index (χ1n) is 5.92. The standard InChI is InChI=1S/C12H16N2O4S/c1-18-11-2-4-12(5-3-11)19(16,17)14-8-6-10(13-15)7-9-14/h2-5,15H,6-9H2,1H3. The van der Waals surface area contributed by atoms with Gasteiger partial charge in [-0.15, -0.1) is 0 Å². The minimum Gasteiger partial charge on any atom is -0.497 e. The van der Waals surface area contributed by atoms with Gasteiger partial charge in [-0.25, -0.2) is 8.42 Å². The lowest BCUT2D eigenvalue weighted by Gasteiger charge is -2.26. The summed E-state index contributed by atoms with van der Waals surface area (Å²) in [5.41, 5.74) is 0.640. The van der Waals surface area contributed by atoms with Crippen LogP contribution in [0.1, 0.15) is 12.8 Å². The van der Waals surface area contributed by atoms with Crippen LogP contribution in [-0.2, 0) is 10.0 Å². The van der Waals surface area contributed by atoms with Crippen LogP contribution in [0.4, 0.5) is 0 Å². The highest BCUT2D eigenvalue weighted by Crippen LogP contribution is 2.21. The second-order valence-electron chi connectivity index (χ2n) is 4.25. The predicted molar refractivity (Wildman–Crippen MR) is 70.2 cm³/mol. The lowest BCUT2D eigenvalue weighted by atomic mass is 10.1. The molecule has 1 aromatic carbocycles. The van der Waals surface area contributed by atoms with Gasteiger partial charge in [0.05, 0.1) is 17.7 Å². The molecule has 104 valence electrons. The first kappa shape index (κ1) is 13.8. The van der Waals surface area contributed by atoms with E-state index >= 15 is 0 Å². The van der Waals surface area contributed by atoms with Gasteiger partial charge in [0.2, 0.25) is 10.0 Å². The predicted octanol–water partition coefficient (Wildman–Crippen LogP) is 1.31. The van der Waals surface area contributed by atoms with E-state index in [4.69, 9.17) is 9.94 Å². The molecular weight excluding hydrogens is 268 g/mol. The van der Waals surface area contributed by atoms with Gasteiger partial charge in [0.25, 0.3) is 0 Å². The third kappa shape index (κ3) is 2.87. The van der Waals surface area contributed by atoms with E-state index in [2.05, 4.69) is 5.16 Å². The zero-order valence-electron chi connectivity index (χ0n) is 10.6. The second-order valence-corrected chi connectivity index (χ2v) is 6.18. The number of benzene rings is 1. The quantitative estimate of drug-likeness (QED) is 0.670. The Labute approximate surface area is 112 Å². The molecular formula is C12H16N2O4S. The van der Waals surface area contributed by atoms with Crippen LogP contribution in [0, 0.1) is 0 Å². The fourth-order valence-electron chi connectivity index (χ4n) is 1.98. The fourth-order valence-corrected chi connectivity index (χ4v) is 3.42. The Balaban J connectivity index is 2.18. The molecule has 1 saturated heterocycles. The van der Waals surface area contributed by atoms with E-state index in [1.165, 1.54) is 23.5 Å². The number of nitrogens with zero attached hydrogens (tertiary/aromatic N) is 2. The van der Waals surface area contributed by atoms with Crippen molar-refractivity contribution in [1.82, 2.24) is 4.31 Å². The van der Waals surface area contributed by atoms with Crippen LogP contribution in [0.25, 0.3) is 0 Å². The third-order valence-electron chi connectivity index (χ3n) is 3.14. The summed E-state index contributed by atoms with van der Waals surface area (Å²) in [5, 5.41) is 11.8. The van der Waals surface area contributed by atoms with Crippen molar-refractivity contribution < 1.29 is 18.4 Å². The van der Waals surface area contributed by atoms with E-state index in [0.717, 1.165) is 0 Å². The number of hydrogen-bond acceptors (Lipinski definition) is 5. The minimum absolute atomic E-state index is 0.248. The summed E-state index contributed by atoms with van der Waals surface area (Å²) >= 11 is 0. The smallest absolute Gasteiger partial charge is 0.243 e. The van der Waals surface area contributed by atoms with E-state index < -0.39 is 10.0 Å². The van der Waals surface area contributed by atoms with Gasteiger partial charge >= 0.3 is 0 Å². The average molecular weight is 284 g/mol. The number of methoxy groups -OCH3 is 1. The van der Waals surface area contributed by atoms with Crippen molar-refractivity contribution in [2.75, 3.05) is 20.2 Å². The highest BCUT2D eigenvalue weighted by Gasteiger charge is 2.27. The van der Waals surface area contributed by atoms with Crippen molar-refractivity contribution in [2.24, 2.45) is 5.16 Å². The summed E-state index contributed by atoms with van der Waals surface area (Å²) in [4.78, 5) is 0.248. The summed E-state index contributed by atoms with van der Waals surface area (Å²) in [6.07, 6.45) is 0.928. The molecule has 0 spiro atoms. The molecule has 1 aliphatic heterocycles. The summed E-state index contributed by atoms with van der Waals surface area (Å²) in [7, 11) is -1.95. The molecule has 0 bridgehead atoms. The lowest BCUT2D eigenvalue weighted by Crippen LogP contribution is -2.38. The van der Waals surface area contributed by atoms with Gasteiger partial charge in [0, 0.05) is 25.9 Å². The molecule has 7 heteroatoms. The van der Waals surface area contributed by atoms with Crippen LogP contribution in [-0.4, -0.2) is 43.8 Å². The molecule has 1 fully saturated rings. The van der Waals surface area contributed by atoms with Crippen LogP contribution in [0.2, 0.25) is 0 Å². The molecule has 1 heterocycles. The maximum atomic E-state index is 12.4. The topological polar surface area (TPSA) is 79.2 Å². The average Bonchev–Trinajstić information content (AvgIpc) is 2.47. The highest BCUT2D eigenvalue weighted by atomic mass is 32.2. The van der Waals surface area contributed by atoms with Crippen molar-refractivity contribution in [1.29, 1.82) is 0 Å². The molecule has 2 rings (SSSR count). The van der Waals surface area contributed by atoms with Gasteiger partial charge in [-0.3, -0.25) is 0 Å². The van der Waals surface area contributed by atoms with E-state index in [9.17, 15) is 8.42 Å². The van der Waals surface area contributed by atoms with Crippen LogP contribution < -0.4 is 4.74 Å². The molecule has 0 atom stereocenters. The monoisotopic (exact) mass is 284 g/mol. The summed E-state index contributed by atoms with van der Waals surface area (Å²) in [6, 6.07) is 6.31. The maximum Gasteiger partial charge on any atom is 0.243 e. The zero-order valence-corrected chi connectivity index (χ0v) is 11.4. The van der Waals surface area contributed by atoms with Gasteiger partial charge in [-0.05, 0) is 24.3 Å². The molecule has 0 aliphatic carbocycles. The largest absolute Gasteiger partial charge is 0.497 e. The Kier molecular flexibility index (Phi) is 4.06. The van der Waals surface area contributed by atoms with Gasteiger partial charge in [0.15, 0.2) is 0 Å². The van der Waals surface area contributed by atoms with Crippen LogP contribution >= 0.6 is 0 Å². The van der Waals surface area contributed by atoms with Crippen molar-refractivity contribution in [3.8, 4) is 5.75 Å². The molecule has 1 aromatic rings. The molecule has 0 unspecified atom stereocenters. The Morgan fingerprint density at radius 2 is 1.79 bits per heavy atom. The van der Waals surface area contributed by atoms with Crippen LogP contribution in [0.5, 0.6) is 5.75 Å². The first-order valence-corrected chi connectivity index (χ1v) is 7.36. The fraction of sp³-hybridized carbons (Fsp3) is 0.417. The molecule has 19 heavy (non-hydrogen) atoms. The third-order valence-corrected chi connectivity index (χ3v) is 5.05. The van der Waals surface area contributed by atoms with Gasteiger partial charge in [-0.1, -0.05) is 5.16 Å². The van der Waals surface area contributed by atoms with Crippen molar-refractivity contribution in [2.45, 2.75) is 17.7 Å². The maximum absolute atomic E-state index is 12.4. The van der Waals surface area contributed by atoms with E-state index in [-0.39, 0.29) is 4.90 Å². The number of ether oxygens (including phenoxy) is 1. The van der Waals surface area contributed by atoms with Gasteiger partial charge in [0.1, 0.15) is 5.75 Å². The highest BCUT2D eigenvalue weighted by molar-refractivity contribution is 7.89. The number of sulfonamides is 1. The van der Waals surface area contributed by atoms with Gasteiger partial charge in [-0.2, -0.15) is 4.31 Å². The van der Waals surface area contributed by atoms with Gasteiger partial charge < -0.3 is 9.94 Å². The molecule has 6 nitrogen and oxygen atoms in total. The molecule has 1 N–H and O–H groups in total. The number of piperidine rings is 1. The van der Waals surface area contributed by atoms with Crippen LogP contribution in [0.15, 0.2) is 34.3 Å². The Hall–Kier alpha value is -1.60. The Morgan fingerprint density at radius 1 is 1.21 bits per heavy atom. The van der Waals surface area contributed by atoms with Crippen molar-refractivity contribution >= 4 is 15.7 Å². The number of hydrogen-bond donors (Lipinski definition) is 1. The molecule has 0 saturated carbocycles. The molecule has 1 aliphatic rings. The Bertz CT molecular complexity index is 556. The van der Waals surface area contributed by atoms with E-state index in [0.29, 0.717) is 37.4 Å². The normalized spacial score (nSPS) is 17.2. The van der Waals surface area contributed by atoms with E-state index in [1.54, 1.807) is 12.1 Å². The first-order chi connectivity index (χ1) is 9.07. The van der Waals surface area contributed by atoms with E-state index in [1.807, 2.05) is 0 Å². The number of oxime groups is 1. The summed E-state index contributed by atoms with van der Waals surface area (Å²) < 4.78 is 31.1. The number of rotatable bonds is 3. The van der Waals surface area contributed by atoms with Crippen LogP contribution in [0.3, 0.4) is 0 Å². The Morgan fingerprint density at radius 3 is 2.26 bits per heavy atom. The lowest BCUT2D eigenvalue weighted by molar-refractivity contribution is 0.309. The molecule has 0 amide bonds. The summed E-state index contributed by atoms with van der Waals surface area (Å²) in [6.45, 7) is 0.682. The minimum atomic E-state index is -3.48. The second kappa shape index (κ2) is 5.58. The zero-order chi connectivity index (χ0) is 13.9.